The Morgan fingerprint density at radius 2 is 1.84 bits per heavy atom. The van der Waals surface area contributed by atoms with Crippen LogP contribution >= 0.6 is 0 Å². The highest BCUT2D eigenvalue weighted by Gasteiger charge is 2.25. The van der Waals surface area contributed by atoms with E-state index < -0.39 is 0 Å². The molecule has 32 heavy (non-hydrogen) atoms. The molecule has 2 N–H and O–H groups in total. The Kier molecular flexibility index (Phi) is 4.62. The average molecular weight is 421 g/mol. The highest BCUT2D eigenvalue weighted by atomic mass is 15.2. The van der Waals surface area contributed by atoms with Crippen LogP contribution in [0.1, 0.15) is 48.7 Å². The standard InChI is InChI=1S/C28H28N4/c1-18(19-7-4-3-5-8-19)30-26-10-6-9-23-24-15-20(13-14-25(24)31-28(23)26)21-11-12-22-17-29-32(2)27(22)16-21/h3-5,7-8,11-18,26,30-31H,6,9-10H2,1-2H3/t18-,26?/m1/s1. The number of aryl methyl sites for hydroxylation is 2. The van der Waals surface area contributed by atoms with Crippen molar-refractivity contribution in [2.75, 3.05) is 0 Å². The van der Waals surface area contributed by atoms with E-state index in [1.807, 2.05) is 17.9 Å². The van der Waals surface area contributed by atoms with Crippen molar-refractivity contribution in [2.24, 2.45) is 7.05 Å². The Balaban J connectivity index is 1.36. The van der Waals surface area contributed by atoms with Crippen LogP contribution in [-0.2, 0) is 13.5 Å². The molecular weight excluding hydrogens is 392 g/mol. The Morgan fingerprint density at radius 3 is 2.72 bits per heavy atom. The number of benzene rings is 3. The first-order valence-electron chi connectivity index (χ1n) is 11.5. The van der Waals surface area contributed by atoms with Crippen LogP contribution in [0.2, 0.25) is 0 Å². The SMILES string of the molecule is C[C@@H](NC1CCCc2c1[nH]c1ccc(-c3ccc4cnn(C)c4c3)cc21)c1ccccc1. The third-order valence-electron chi connectivity index (χ3n) is 7.04. The normalized spacial score (nSPS) is 17.0. The molecule has 4 heteroatoms. The smallest absolute Gasteiger partial charge is 0.0685 e. The summed E-state index contributed by atoms with van der Waals surface area (Å²) in [6.45, 7) is 2.26. The van der Waals surface area contributed by atoms with Gasteiger partial charge in [0.25, 0.3) is 0 Å². The Morgan fingerprint density at radius 1 is 1.03 bits per heavy atom. The van der Waals surface area contributed by atoms with Gasteiger partial charge >= 0.3 is 0 Å². The van der Waals surface area contributed by atoms with Gasteiger partial charge in [0.05, 0.1) is 11.7 Å². The van der Waals surface area contributed by atoms with Gasteiger partial charge in [-0.3, -0.25) is 4.68 Å². The number of aromatic nitrogens is 3. The van der Waals surface area contributed by atoms with Crippen LogP contribution in [0.3, 0.4) is 0 Å². The van der Waals surface area contributed by atoms with Crippen molar-refractivity contribution in [3.8, 4) is 11.1 Å². The molecule has 160 valence electrons. The molecule has 0 saturated carbocycles. The fraction of sp³-hybridized carbons (Fsp3) is 0.250. The minimum atomic E-state index is 0.319. The van der Waals surface area contributed by atoms with Crippen LogP contribution in [0.5, 0.6) is 0 Å². The summed E-state index contributed by atoms with van der Waals surface area (Å²) in [5.41, 5.74) is 9.08. The number of nitrogens with zero attached hydrogens (tertiary/aromatic N) is 2. The van der Waals surface area contributed by atoms with E-state index in [-0.39, 0.29) is 0 Å². The van der Waals surface area contributed by atoms with Crippen molar-refractivity contribution < 1.29 is 0 Å². The molecule has 1 unspecified atom stereocenters. The van der Waals surface area contributed by atoms with E-state index in [0.717, 1.165) is 11.9 Å². The molecule has 2 heterocycles. The summed E-state index contributed by atoms with van der Waals surface area (Å²) in [5, 5.41) is 10.8. The van der Waals surface area contributed by atoms with Crippen molar-refractivity contribution in [2.45, 2.75) is 38.3 Å². The third-order valence-corrected chi connectivity index (χ3v) is 7.04. The predicted octanol–water partition coefficient (Wildman–Crippen LogP) is 6.45. The number of nitrogens with one attached hydrogen (secondary N) is 2. The fourth-order valence-corrected chi connectivity index (χ4v) is 5.27. The molecule has 0 saturated heterocycles. The van der Waals surface area contributed by atoms with Gasteiger partial charge in [-0.15, -0.1) is 0 Å². The van der Waals surface area contributed by atoms with Gasteiger partial charge in [-0.2, -0.15) is 5.10 Å². The lowest BCUT2D eigenvalue weighted by Crippen LogP contribution is -2.27. The van der Waals surface area contributed by atoms with Gasteiger partial charge in [-0.05, 0) is 66.6 Å². The summed E-state index contributed by atoms with van der Waals surface area (Å²) in [4.78, 5) is 3.76. The summed E-state index contributed by atoms with van der Waals surface area (Å²) in [6.07, 6.45) is 5.44. The minimum absolute atomic E-state index is 0.319. The van der Waals surface area contributed by atoms with Crippen LogP contribution in [0.15, 0.2) is 72.9 Å². The number of fused-ring (bicyclic) bond motifs is 4. The summed E-state index contributed by atoms with van der Waals surface area (Å²) in [6, 6.07) is 24.9. The molecular formula is C28H28N4. The second-order valence-electron chi connectivity index (χ2n) is 9.06. The van der Waals surface area contributed by atoms with Crippen molar-refractivity contribution in [3.05, 3.63) is 89.7 Å². The average Bonchev–Trinajstić information content (AvgIpc) is 3.40. The van der Waals surface area contributed by atoms with E-state index in [9.17, 15) is 0 Å². The van der Waals surface area contributed by atoms with Crippen molar-refractivity contribution in [1.82, 2.24) is 20.1 Å². The summed E-state index contributed by atoms with van der Waals surface area (Å²) in [7, 11) is 2.00. The maximum absolute atomic E-state index is 4.39. The second-order valence-corrected chi connectivity index (χ2v) is 9.06. The fourth-order valence-electron chi connectivity index (χ4n) is 5.27. The van der Waals surface area contributed by atoms with Crippen molar-refractivity contribution in [3.63, 3.8) is 0 Å². The van der Waals surface area contributed by atoms with Crippen LogP contribution in [-0.4, -0.2) is 14.8 Å². The highest BCUT2D eigenvalue weighted by molar-refractivity contribution is 5.91. The Bertz CT molecular complexity index is 1410. The number of hydrogen-bond donors (Lipinski definition) is 2. The zero-order chi connectivity index (χ0) is 21.7. The summed E-state index contributed by atoms with van der Waals surface area (Å²) < 4.78 is 1.94. The molecule has 0 amide bonds. The lowest BCUT2D eigenvalue weighted by Gasteiger charge is -2.27. The molecule has 4 nitrogen and oxygen atoms in total. The van der Waals surface area contributed by atoms with E-state index >= 15 is 0 Å². The molecule has 0 aliphatic heterocycles. The van der Waals surface area contributed by atoms with Gasteiger partial charge in [-0.25, -0.2) is 0 Å². The lowest BCUT2D eigenvalue weighted by atomic mass is 9.90. The zero-order valence-electron chi connectivity index (χ0n) is 18.6. The zero-order valence-corrected chi connectivity index (χ0v) is 18.6. The first-order valence-corrected chi connectivity index (χ1v) is 11.5. The molecule has 1 aliphatic rings. The van der Waals surface area contributed by atoms with Crippen LogP contribution in [0, 0.1) is 0 Å². The van der Waals surface area contributed by atoms with E-state index in [2.05, 4.69) is 89.1 Å². The van der Waals surface area contributed by atoms with Gasteiger partial charge in [0.1, 0.15) is 0 Å². The number of H-pyrrole nitrogens is 1. The number of hydrogen-bond acceptors (Lipinski definition) is 2. The Hall–Kier alpha value is -3.37. The van der Waals surface area contributed by atoms with E-state index in [4.69, 9.17) is 0 Å². The molecule has 2 atom stereocenters. The van der Waals surface area contributed by atoms with Gasteiger partial charge < -0.3 is 10.3 Å². The highest BCUT2D eigenvalue weighted by Crippen LogP contribution is 2.38. The molecule has 2 aromatic heterocycles. The van der Waals surface area contributed by atoms with Gasteiger partial charge in [0.15, 0.2) is 0 Å². The molecule has 1 aliphatic carbocycles. The lowest BCUT2D eigenvalue weighted by molar-refractivity contribution is 0.410. The molecule has 5 aromatic rings. The first kappa shape index (κ1) is 19.3. The van der Waals surface area contributed by atoms with Gasteiger partial charge in [0, 0.05) is 41.1 Å². The number of rotatable bonds is 4. The maximum Gasteiger partial charge on any atom is 0.0685 e. The minimum Gasteiger partial charge on any atom is -0.357 e. The summed E-state index contributed by atoms with van der Waals surface area (Å²) in [5.74, 6) is 0. The second kappa shape index (κ2) is 7.64. The topological polar surface area (TPSA) is 45.6 Å². The first-order chi connectivity index (χ1) is 15.7. The van der Waals surface area contributed by atoms with E-state index in [1.165, 1.54) is 57.1 Å². The van der Waals surface area contributed by atoms with E-state index in [0.29, 0.717) is 12.1 Å². The monoisotopic (exact) mass is 420 g/mol. The predicted molar refractivity (Wildman–Crippen MR) is 132 cm³/mol. The molecule has 0 fully saturated rings. The molecule has 6 rings (SSSR count). The van der Waals surface area contributed by atoms with Crippen LogP contribution < -0.4 is 5.32 Å². The maximum atomic E-state index is 4.39. The van der Waals surface area contributed by atoms with Crippen LogP contribution in [0.4, 0.5) is 0 Å². The van der Waals surface area contributed by atoms with Crippen LogP contribution in [0.25, 0.3) is 32.9 Å². The molecule has 0 spiro atoms. The molecule has 0 bridgehead atoms. The van der Waals surface area contributed by atoms with Gasteiger partial charge in [0.2, 0.25) is 0 Å². The van der Waals surface area contributed by atoms with Crippen molar-refractivity contribution in [1.29, 1.82) is 0 Å². The van der Waals surface area contributed by atoms with Gasteiger partial charge in [-0.1, -0.05) is 48.5 Å². The third kappa shape index (κ3) is 3.23. The Labute approximate surface area is 188 Å². The number of aromatic amines is 1. The summed E-state index contributed by atoms with van der Waals surface area (Å²) >= 11 is 0. The largest absolute Gasteiger partial charge is 0.357 e. The van der Waals surface area contributed by atoms with Crippen molar-refractivity contribution >= 4 is 21.8 Å². The molecule has 0 radical (unpaired) electrons. The molecule has 3 aromatic carbocycles. The quantitative estimate of drug-likeness (QED) is 0.351. The van der Waals surface area contributed by atoms with E-state index in [1.54, 1.807) is 0 Å².